The van der Waals surface area contributed by atoms with Crippen LogP contribution in [0.3, 0.4) is 0 Å². The summed E-state index contributed by atoms with van der Waals surface area (Å²) in [5.41, 5.74) is -3.44. The third kappa shape index (κ3) is 2.63. The monoisotopic (exact) mass is 235 g/mol. The van der Waals surface area contributed by atoms with Gasteiger partial charge in [-0.1, -0.05) is 10.6 Å². The predicted octanol–water partition coefficient (Wildman–Crippen LogP) is 3.12. The minimum atomic E-state index is -5.14. The van der Waals surface area contributed by atoms with E-state index in [9.17, 15) is 30.8 Å². The molecule has 1 aliphatic rings. The molecule has 1 heterocycles. The quantitative estimate of drug-likeness (QED) is 0.460. The normalized spacial score (nSPS) is 18.7. The second-order valence-corrected chi connectivity index (χ2v) is 2.73. The number of allylic oxidation sites excluding steroid dienone is 3. The maximum atomic E-state index is 12.5. The highest BCUT2D eigenvalue weighted by molar-refractivity contribution is 5.32. The zero-order valence-electron chi connectivity index (χ0n) is 6.95. The van der Waals surface area contributed by atoms with Crippen molar-refractivity contribution in [3.05, 3.63) is 23.4 Å². The van der Waals surface area contributed by atoms with Crippen molar-refractivity contribution < 1.29 is 30.8 Å². The van der Waals surface area contributed by atoms with Gasteiger partial charge < -0.3 is 0 Å². The lowest BCUT2D eigenvalue weighted by molar-refractivity contribution is -0.135. The summed E-state index contributed by atoms with van der Waals surface area (Å²) in [7, 11) is 0. The van der Waals surface area contributed by atoms with Crippen molar-refractivity contribution >= 4 is 0 Å². The summed E-state index contributed by atoms with van der Waals surface area (Å²) in [5, 5.41) is -0.783. The molecule has 15 heavy (non-hydrogen) atoms. The predicted molar refractivity (Wildman–Crippen MR) is 36.1 cm³/mol. The summed E-state index contributed by atoms with van der Waals surface area (Å²) in [5.74, 6) is 0. The second kappa shape index (κ2) is 3.42. The van der Waals surface area contributed by atoms with Crippen LogP contribution in [0.4, 0.5) is 30.8 Å². The SMILES string of the molecule is FN1CC=C(C(F)(F)F)C=C1C(F)(F)F. The van der Waals surface area contributed by atoms with Crippen molar-refractivity contribution in [2.45, 2.75) is 12.4 Å². The number of alkyl halides is 6. The molecule has 0 aromatic carbocycles. The van der Waals surface area contributed by atoms with Crippen LogP contribution >= 0.6 is 0 Å². The Morgan fingerprint density at radius 2 is 1.53 bits per heavy atom. The minimum Gasteiger partial charge on any atom is -0.203 e. The smallest absolute Gasteiger partial charge is 0.203 e. The summed E-state index contributed by atoms with van der Waals surface area (Å²) in [6.45, 7) is -1.07. The molecule has 0 fully saturated rings. The van der Waals surface area contributed by atoms with E-state index < -0.39 is 35.3 Å². The molecule has 1 nitrogen and oxygen atoms in total. The van der Waals surface area contributed by atoms with Crippen LogP contribution in [0.5, 0.6) is 0 Å². The molecule has 1 rings (SSSR count). The molecule has 0 aliphatic carbocycles. The second-order valence-electron chi connectivity index (χ2n) is 2.73. The van der Waals surface area contributed by atoms with Gasteiger partial charge in [-0.2, -0.15) is 26.3 Å². The van der Waals surface area contributed by atoms with Crippen molar-refractivity contribution in [2.75, 3.05) is 6.54 Å². The third-order valence-corrected chi connectivity index (χ3v) is 1.64. The summed E-state index contributed by atoms with van der Waals surface area (Å²) in [4.78, 5) is 0. The van der Waals surface area contributed by atoms with Gasteiger partial charge in [0.25, 0.3) is 0 Å². The first-order valence-electron chi connectivity index (χ1n) is 3.62. The van der Waals surface area contributed by atoms with Gasteiger partial charge in [-0.05, 0) is 6.08 Å². The van der Waals surface area contributed by atoms with E-state index in [1.54, 1.807) is 0 Å². The first-order chi connectivity index (χ1) is 6.62. The molecule has 0 spiro atoms. The van der Waals surface area contributed by atoms with Gasteiger partial charge in [0.15, 0.2) is 5.70 Å². The van der Waals surface area contributed by atoms with Gasteiger partial charge in [0.2, 0.25) is 0 Å². The van der Waals surface area contributed by atoms with Crippen LogP contribution in [0.2, 0.25) is 0 Å². The average Bonchev–Trinajstić information content (AvgIpc) is 2.00. The van der Waals surface area contributed by atoms with Crippen molar-refractivity contribution in [1.29, 1.82) is 0 Å². The van der Waals surface area contributed by atoms with Crippen LogP contribution in [0.25, 0.3) is 0 Å². The summed E-state index contributed by atoms with van der Waals surface area (Å²) >= 11 is 0. The van der Waals surface area contributed by atoms with Crippen molar-refractivity contribution in [1.82, 2.24) is 5.12 Å². The average molecular weight is 235 g/mol. The maximum absolute atomic E-state index is 12.5. The van der Waals surface area contributed by atoms with E-state index >= 15 is 0 Å². The lowest BCUT2D eigenvalue weighted by Gasteiger charge is -2.23. The molecule has 0 radical (unpaired) electrons. The fourth-order valence-corrected chi connectivity index (χ4v) is 0.970. The van der Waals surface area contributed by atoms with Crippen LogP contribution in [0, 0.1) is 0 Å². The van der Waals surface area contributed by atoms with Gasteiger partial charge in [-0.25, -0.2) is 5.12 Å². The largest absolute Gasteiger partial charge is 0.433 e. The lowest BCUT2D eigenvalue weighted by Crippen LogP contribution is -2.30. The Hall–Kier alpha value is -1.21. The van der Waals surface area contributed by atoms with E-state index in [1.165, 1.54) is 0 Å². The Kier molecular flexibility index (Phi) is 2.71. The van der Waals surface area contributed by atoms with Gasteiger partial charge >= 0.3 is 12.4 Å². The number of rotatable bonds is 0. The standard InChI is InChI=1S/C7H4F7N/c8-6(9,10)4-1-2-15(14)5(3-4)7(11,12)13/h1,3H,2H2. The molecule has 1 aliphatic heterocycles. The fraction of sp³-hybridized carbons (Fsp3) is 0.429. The molecule has 0 saturated carbocycles. The Labute approximate surface area is 79.4 Å². The van der Waals surface area contributed by atoms with Gasteiger partial charge in [0, 0.05) is 0 Å². The third-order valence-electron chi connectivity index (χ3n) is 1.64. The van der Waals surface area contributed by atoms with Crippen LogP contribution in [0.1, 0.15) is 0 Å². The van der Waals surface area contributed by atoms with E-state index in [4.69, 9.17) is 0 Å². The Morgan fingerprint density at radius 3 is 1.93 bits per heavy atom. The van der Waals surface area contributed by atoms with Crippen molar-refractivity contribution in [3.63, 3.8) is 0 Å². The topological polar surface area (TPSA) is 3.24 Å². The molecule has 0 aromatic heterocycles. The highest BCUT2D eigenvalue weighted by Crippen LogP contribution is 2.36. The molecule has 0 aromatic rings. The lowest BCUT2D eigenvalue weighted by atomic mass is 10.1. The van der Waals surface area contributed by atoms with E-state index in [1.807, 2.05) is 0 Å². The molecule has 86 valence electrons. The summed E-state index contributed by atoms with van der Waals surface area (Å²) < 4.78 is 84.6. The Morgan fingerprint density at radius 1 is 1.00 bits per heavy atom. The summed E-state index contributed by atoms with van der Waals surface area (Å²) in [6.07, 6.45) is -9.96. The van der Waals surface area contributed by atoms with E-state index in [2.05, 4.69) is 0 Å². The van der Waals surface area contributed by atoms with Crippen LogP contribution in [0.15, 0.2) is 23.4 Å². The number of halogens is 7. The maximum Gasteiger partial charge on any atom is 0.433 e. The highest BCUT2D eigenvalue weighted by Gasteiger charge is 2.43. The molecule has 0 bridgehead atoms. The van der Waals surface area contributed by atoms with E-state index in [0.717, 1.165) is 0 Å². The number of nitrogens with zero attached hydrogens (tertiary/aromatic N) is 1. The van der Waals surface area contributed by atoms with Gasteiger partial charge in [0.1, 0.15) is 0 Å². The van der Waals surface area contributed by atoms with E-state index in [0.29, 0.717) is 6.08 Å². The first-order valence-corrected chi connectivity index (χ1v) is 3.62. The molecule has 0 saturated heterocycles. The van der Waals surface area contributed by atoms with Gasteiger partial charge in [-0.15, -0.1) is 0 Å². The van der Waals surface area contributed by atoms with Crippen LogP contribution < -0.4 is 0 Å². The molecule has 8 heteroatoms. The summed E-state index contributed by atoms with van der Waals surface area (Å²) in [6, 6.07) is 0. The fourth-order valence-electron chi connectivity index (χ4n) is 0.970. The molecule has 0 unspecified atom stereocenters. The van der Waals surface area contributed by atoms with Crippen LogP contribution in [-0.2, 0) is 0 Å². The molecule has 0 amide bonds. The zero-order valence-corrected chi connectivity index (χ0v) is 6.95. The molecular weight excluding hydrogens is 231 g/mol. The van der Waals surface area contributed by atoms with E-state index in [-0.39, 0.29) is 6.08 Å². The minimum absolute atomic E-state index is 0.260. The van der Waals surface area contributed by atoms with Crippen LogP contribution in [-0.4, -0.2) is 24.0 Å². The Balaban J connectivity index is 3.06. The van der Waals surface area contributed by atoms with Gasteiger partial charge in [-0.3, -0.25) is 0 Å². The van der Waals surface area contributed by atoms with Crippen molar-refractivity contribution in [2.24, 2.45) is 0 Å². The van der Waals surface area contributed by atoms with Gasteiger partial charge in [0.05, 0.1) is 12.1 Å². The highest BCUT2D eigenvalue weighted by atomic mass is 19.4. The van der Waals surface area contributed by atoms with Crippen molar-refractivity contribution in [3.8, 4) is 0 Å². The molecular formula is C7H4F7N. The first kappa shape index (κ1) is 11.9. The zero-order chi connectivity index (χ0) is 11.9. The Bertz CT molecular complexity index is 308. The molecule has 0 atom stereocenters. The number of hydrogen-bond donors (Lipinski definition) is 0. The number of hydrogen-bond acceptors (Lipinski definition) is 1. The molecule has 0 N–H and O–H groups in total.